The Morgan fingerprint density at radius 1 is 1.05 bits per heavy atom. The van der Waals surface area contributed by atoms with Crippen LogP contribution >= 0.6 is 0 Å². The van der Waals surface area contributed by atoms with Crippen molar-refractivity contribution >= 4 is 17.5 Å². The van der Waals surface area contributed by atoms with Crippen LogP contribution in [0.15, 0.2) is 84.0 Å². The van der Waals surface area contributed by atoms with Crippen molar-refractivity contribution in [3.63, 3.8) is 0 Å². The van der Waals surface area contributed by atoms with Crippen LogP contribution in [0, 0.1) is 18.8 Å². The highest BCUT2D eigenvalue weighted by Gasteiger charge is 2.31. The number of aryl methyl sites for hydroxylation is 1. The van der Waals surface area contributed by atoms with E-state index in [0.717, 1.165) is 11.3 Å². The van der Waals surface area contributed by atoms with Crippen molar-refractivity contribution in [2.24, 2.45) is 0 Å². The number of nitrogens with zero attached hydrogens (tertiary/aromatic N) is 4. The molecular formula is C29H23N5O4. The minimum atomic E-state index is -1.02. The van der Waals surface area contributed by atoms with Crippen molar-refractivity contribution in [1.29, 1.82) is 0 Å². The summed E-state index contributed by atoms with van der Waals surface area (Å²) >= 11 is 0. The van der Waals surface area contributed by atoms with Gasteiger partial charge in [0.05, 0.1) is 5.69 Å². The molecule has 0 fully saturated rings. The lowest BCUT2D eigenvalue weighted by Crippen LogP contribution is -2.50. The van der Waals surface area contributed by atoms with Crippen LogP contribution in [-0.2, 0) is 4.79 Å². The minimum Gasteiger partial charge on any atom is -0.489 e. The van der Waals surface area contributed by atoms with Crippen molar-refractivity contribution in [3.05, 3.63) is 112 Å². The largest absolute Gasteiger partial charge is 0.489 e. The summed E-state index contributed by atoms with van der Waals surface area (Å²) in [6, 6.07) is 17.2. The zero-order valence-electron chi connectivity index (χ0n) is 20.7. The molecule has 5 rings (SSSR count). The Bertz CT molecular complexity index is 1640. The van der Waals surface area contributed by atoms with Gasteiger partial charge < -0.3 is 19.5 Å². The second kappa shape index (κ2) is 10.4. The molecule has 0 spiro atoms. The smallest absolute Gasteiger partial charge is 0.285 e. The number of benzene rings is 2. The van der Waals surface area contributed by atoms with E-state index in [4.69, 9.17) is 4.74 Å². The van der Waals surface area contributed by atoms with E-state index < -0.39 is 23.4 Å². The highest BCUT2D eigenvalue weighted by molar-refractivity contribution is 6.03. The summed E-state index contributed by atoms with van der Waals surface area (Å²) in [6.45, 7) is 1.58. The van der Waals surface area contributed by atoms with Crippen LogP contribution in [0.4, 0.5) is 5.69 Å². The van der Waals surface area contributed by atoms with E-state index in [1.165, 1.54) is 11.1 Å². The van der Waals surface area contributed by atoms with Crippen LogP contribution < -0.4 is 20.5 Å². The molecule has 0 unspecified atom stereocenters. The summed E-state index contributed by atoms with van der Waals surface area (Å²) < 4.78 is 7.52. The molecule has 38 heavy (non-hydrogen) atoms. The molecule has 4 aromatic rings. The Labute approximate surface area is 218 Å². The van der Waals surface area contributed by atoms with Gasteiger partial charge in [-0.05, 0) is 49.4 Å². The first-order chi connectivity index (χ1) is 18.4. The van der Waals surface area contributed by atoms with Crippen LogP contribution in [0.5, 0.6) is 5.75 Å². The van der Waals surface area contributed by atoms with Gasteiger partial charge in [0.1, 0.15) is 29.8 Å². The van der Waals surface area contributed by atoms with Gasteiger partial charge in [-0.15, -0.1) is 0 Å². The molecular weight excluding hydrogens is 482 g/mol. The Morgan fingerprint density at radius 3 is 2.61 bits per heavy atom. The van der Waals surface area contributed by atoms with E-state index in [1.54, 1.807) is 55.2 Å². The number of nitrogens with one attached hydrogen (secondary N) is 1. The number of para-hydroxylation sites is 1. The molecule has 3 heterocycles. The topological polar surface area (TPSA) is 106 Å². The third-order valence-corrected chi connectivity index (χ3v) is 6.05. The average molecular weight is 506 g/mol. The van der Waals surface area contributed by atoms with Gasteiger partial charge >= 0.3 is 0 Å². The number of aromatic nitrogens is 3. The molecule has 0 bridgehead atoms. The molecule has 1 aliphatic rings. The van der Waals surface area contributed by atoms with Crippen LogP contribution in [0.2, 0.25) is 0 Å². The maximum atomic E-state index is 13.3. The molecule has 0 aliphatic carbocycles. The highest BCUT2D eigenvalue weighted by Crippen LogP contribution is 2.31. The van der Waals surface area contributed by atoms with Gasteiger partial charge in [0, 0.05) is 42.5 Å². The number of ether oxygens (including phenoxy) is 1. The number of hydrogen-bond acceptors (Lipinski definition) is 6. The van der Waals surface area contributed by atoms with Gasteiger partial charge in [0.25, 0.3) is 17.4 Å². The number of fused-ring (bicyclic) bond motifs is 1. The fourth-order valence-electron chi connectivity index (χ4n) is 4.04. The maximum Gasteiger partial charge on any atom is 0.285 e. The van der Waals surface area contributed by atoms with Gasteiger partial charge in [-0.1, -0.05) is 30.0 Å². The van der Waals surface area contributed by atoms with E-state index in [9.17, 15) is 14.4 Å². The zero-order valence-corrected chi connectivity index (χ0v) is 20.7. The number of carbonyl (C=O) groups is 2. The molecule has 1 N–H and O–H groups in total. The third-order valence-electron chi connectivity index (χ3n) is 6.05. The van der Waals surface area contributed by atoms with E-state index in [1.807, 2.05) is 36.4 Å². The van der Waals surface area contributed by atoms with Crippen molar-refractivity contribution in [2.75, 3.05) is 18.6 Å². The SMILES string of the molecule is Cc1nc(=O)c(C(=O)N[C@H]2COc3ccc(C#Cc4cccnc4)cc3N(C)C2=O)cn1-c1ccccc1. The Hall–Kier alpha value is -5.23. The Kier molecular flexibility index (Phi) is 6.70. The fraction of sp³-hybridized carbons (Fsp3) is 0.138. The normalized spacial score (nSPS) is 14.4. The molecule has 9 heteroatoms. The first kappa shape index (κ1) is 24.5. The van der Waals surface area contributed by atoms with Crippen molar-refractivity contribution in [3.8, 4) is 23.3 Å². The minimum absolute atomic E-state index is 0.102. The standard InChI is InChI=1S/C29H23N5O4/c1-19-31-27(35)23(17-34(19)22-8-4-3-5-9-22)28(36)32-24-18-38-26-13-12-20(15-25(26)33(2)29(24)37)10-11-21-7-6-14-30-16-21/h3-9,12-17,24H,18H2,1-2H3,(H,32,36)/t24-/m0/s1. The summed E-state index contributed by atoms with van der Waals surface area (Å²) in [5.74, 6) is 5.91. The quantitative estimate of drug-likeness (QED) is 0.429. The number of likely N-dealkylation sites (N-methyl/N-ethyl adjacent to an activating group) is 1. The summed E-state index contributed by atoms with van der Waals surface area (Å²) in [4.78, 5) is 48.4. The first-order valence-electron chi connectivity index (χ1n) is 11.8. The van der Waals surface area contributed by atoms with Gasteiger partial charge in [0.15, 0.2) is 0 Å². The summed E-state index contributed by atoms with van der Waals surface area (Å²) in [6.07, 6.45) is 4.78. The lowest BCUT2D eigenvalue weighted by molar-refractivity contribution is -0.120. The van der Waals surface area contributed by atoms with Crippen molar-refractivity contribution < 1.29 is 14.3 Å². The van der Waals surface area contributed by atoms with Gasteiger partial charge in [-0.2, -0.15) is 4.98 Å². The number of hydrogen-bond donors (Lipinski definition) is 1. The number of anilines is 1. The molecule has 0 saturated heterocycles. The number of pyridine rings is 1. The predicted octanol–water partition coefficient (Wildman–Crippen LogP) is 2.49. The second-order valence-electron chi connectivity index (χ2n) is 8.62. The summed E-state index contributed by atoms with van der Waals surface area (Å²) in [5, 5.41) is 2.65. The zero-order chi connectivity index (χ0) is 26.6. The molecule has 0 saturated carbocycles. The molecule has 9 nitrogen and oxygen atoms in total. The van der Waals surface area contributed by atoms with Crippen molar-refractivity contribution in [2.45, 2.75) is 13.0 Å². The van der Waals surface area contributed by atoms with Crippen LogP contribution in [-0.4, -0.2) is 46.0 Å². The lowest BCUT2D eigenvalue weighted by Gasteiger charge is -2.20. The van der Waals surface area contributed by atoms with E-state index >= 15 is 0 Å². The highest BCUT2D eigenvalue weighted by atomic mass is 16.5. The molecule has 2 aromatic carbocycles. The second-order valence-corrected chi connectivity index (χ2v) is 8.62. The van der Waals surface area contributed by atoms with Gasteiger partial charge in [-0.25, -0.2) is 0 Å². The fourth-order valence-corrected chi connectivity index (χ4v) is 4.04. The number of rotatable bonds is 3. The van der Waals surface area contributed by atoms with E-state index in [-0.39, 0.29) is 12.2 Å². The van der Waals surface area contributed by atoms with Crippen LogP contribution in [0.1, 0.15) is 27.3 Å². The van der Waals surface area contributed by atoms with E-state index in [2.05, 4.69) is 27.1 Å². The number of carbonyl (C=O) groups excluding carboxylic acids is 2. The lowest BCUT2D eigenvalue weighted by atomic mass is 10.1. The van der Waals surface area contributed by atoms with Crippen molar-refractivity contribution in [1.82, 2.24) is 19.9 Å². The van der Waals surface area contributed by atoms with Crippen LogP contribution in [0.25, 0.3) is 5.69 Å². The molecule has 2 aromatic heterocycles. The number of amides is 2. The molecule has 0 radical (unpaired) electrons. The Balaban J connectivity index is 1.37. The molecule has 1 atom stereocenters. The van der Waals surface area contributed by atoms with Gasteiger partial charge in [0.2, 0.25) is 0 Å². The average Bonchev–Trinajstić information content (AvgIpc) is 3.05. The molecule has 188 valence electrons. The monoisotopic (exact) mass is 505 g/mol. The molecule has 2 amide bonds. The van der Waals surface area contributed by atoms with Gasteiger partial charge in [-0.3, -0.25) is 19.4 Å². The third kappa shape index (κ3) is 5.01. The Morgan fingerprint density at radius 2 is 1.84 bits per heavy atom. The molecule has 1 aliphatic heterocycles. The summed E-state index contributed by atoms with van der Waals surface area (Å²) in [7, 11) is 1.60. The summed E-state index contributed by atoms with van der Waals surface area (Å²) in [5.41, 5.74) is 1.87. The predicted molar refractivity (Wildman–Crippen MR) is 141 cm³/mol. The van der Waals surface area contributed by atoms with Crippen LogP contribution in [0.3, 0.4) is 0 Å². The first-order valence-corrected chi connectivity index (χ1v) is 11.8. The van der Waals surface area contributed by atoms with E-state index in [0.29, 0.717) is 22.8 Å². The maximum absolute atomic E-state index is 13.3.